The maximum atomic E-state index is 5.84. The summed E-state index contributed by atoms with van der Waals surface area (Å²) in [7, 11) is -1.08. The van der Waals surface area contributed by atoms with Crippen molar-refractivity contribution in [1.82, 2.24) is 14.8 Å². The van der Waals surface area contributed by atoms with Crippen LogP contribution in [0, 0.1) is 0 Å². The number of ether oxygens (including phenoxy) is 1. The van der Waals surface area contributed by atoms with Gasteiger partial charge >= 0.3 is 0 Å². The van der Waals surface area contributed by atoms with Crippen molar-refractivity contribution in [3.8, 4) is 11.5 Å². The van der Waals surface area contributed by atoms with Crippen LogP contribution >= 0.6 is 15.9 Å². The molecule has 0 aliphatic carbocycles. The first-order valence-electron chi connectivity index (χ1n) is 7.57. The molecule has 0 saturated carbocycles. The Morgan fingerprint density at radius 1 is 1.30 bits per heavy atom. The normalized spacial score (nSPS) is 12.2. The van der Waals surface area contributed by atoms with Crippen molar-refractivity contribution in [3.05, 3.63) is 35.3 Å². The van der Waals surface area contributed by atoms with Crippen molar-refractivity contribution in [1.29, 1.82) is 0 Å². The van der Waals surface area contributed by atoms with E-state index >= 15 is 0 Å². The van der Waals surface area contributed by atoms with E-state index in [0.717, 1.165) is 33.7 Å². The van der Waals surface area contributed by atoms with Crippen molar-refractivity contribution in [2.45, 2.75) is 32.4 Å². The van der Waals surface area contributed by atoms with Crippen LogP contribution in [0.2, 0.25) is 25.7 Å². The Kier molecular flexibility index (Phi) is 4.70. The molecule has 1 aromatic carbocycles. The van der Waals surface area contributed by atoms with Gasteiger partial charge in [0.2, 0.25) is 0 Å². The van der Waals surface area contributed by atoms with Crippen molar-refractivity contribution >= 4 is 34.9 Å². The molecule has 0 spiro atoms. The van der Waals surface area contributed by atoms with Crippen LogP contribution in [0.1, 0.15) is 0 Å². The van der Waals surface area contributed by atoms with Crippen molar-refractivity contribution < 1.29 is 9.15 Å². The smallest absolute Gasteiger partial charge is 0.181 e. The minimum atomic E-state index is -1.08. The second kappa shape index (κ2) is 6.58. The van der Waals surface area contributed by atoms with E-state index in [4.69, 9.17) is 9.15 Å². The number of halogens is 1. The summed E-state index contributed by atoms with van der Waals surface area (Å²) in [5.74, 6) is 0.661. The number of hydrogen-bond acceptors (Lipinski definition) is 4. The zero-order valence-corrected chi connectivity index (χ0v) is 16.1. The Bertz CT molecular complexity index is 794. The van der Waals surface area contributed by atoms with Gasteiger partial charge in [0.15, 0.2) is 12.2 Å². The molecule has 0 bridgehead atoms. The van der Waals surface area contributed by atoms with Crippen LogP contribution in [0.3, 0.4) is 0 Å². The number of oxazole rings is 1. The minimum absolute atomic E-state index is 0.441. The van der Waals surface area contributed by atoms with Crippen LogP contribution in [-0.4, -0.2) is 29.4 Å². The molecule has 0 radical (unpaired) electrons. The molecule has 0 aliphatic heterocycles. The Balaban J connectivity index is 1.86. The van der Waals surface area contributed by atoms with E-state index in [-0.39, 0.29) is 0 Å². The highest BCUT2D eigenvalue weighted by Crippen LogP contribution is 2.30. The number of rotatable bonds is 6. The van der Waals surface area contributed by atoms with Gasteiger partial charge in [-0.25, -0.2) is 9.67 Å². The van der Waals surface area contributed by atoms with Crippen LogP contribution in [0.25, 0.3) is 22.4 Å². The largest absolute Gasteiger partial charge is 0.442 e. The molecule has 0 atom stereocenters. The molecule has 2 aromatic heterocycles. The van der Waals surface area contributed by atoms with Crippen LogP contribution in [0.4, 0.5) is 0 Å². The van der Waals surface area contributed by atoms with Crippen LogP contribution in [0.5, 0.6) is 0 Å². The zero-order valence-electron chi connectivity index (χ0n) is 13.5. The molecule has 0 aliphatic rings. The summed E-state index contributed by atoms with van der Waals surface area (Å²) < 4.78 is 14.1. The van der Waals surface area contributed by atoms with Gasteiger partial charge in [-0.2, -0.15) is 5.10 Å². The summed E-state index contributed by atoms with van der Waals surface area (Å²) in [6, 6.07) is 7.23. The fourth-order valence-electron chi connectivity index (χ4n) is 2.29. The van der Waals surface area contributed by atoms with Crippen molar-refractivity contribution in [2.75, 3.05) is 6.61 Å². The van der Waals surface area contributed by atoms with Crippen LogP contribution in [-0.2, 0) is 11.5 Å². The van der Waals surface area contributed by atoms with E-state index in [1.54, 1.807) is 6.20 Å². The zero-order chi connectivity index (χ0) is 16.4. The van der Waals surface area contributed by atoms with E-state index in [9.17, 15) is 0 Å². The number of benzene rings is 1. The first-order valence-corrected chi connectivity index (χ1v) is 12.1. The third kappa shape index (κ3) is 3.91. The SMILES string of the molecule is C[Si](C)(C)CCOCn1nc(-c2cnco2)c2cc(Br)ccc21. The van der Waals surface area contributed by atoms with Gasteiger partial charge in [-0.15, -0.1) is 0 Å². The van der Waals surface area contributed by atoms with Gasteiger partial charge in [0.1, 0.15) is 12.4 Å². The predicted molar refractivity (Wildman–Crippen MR) is 97.0 cm³/mol. The fraction of sp³-hybridized carbons (Fsp3) is 0.375. The molecule has 0 N–H and O–H groups in total. The van der Waals surface area contributed by atoms with Crippen LogP contribution in [0.15, 0.2) is 39.7 Å². The molecule has 0 saturated heterocycles. The first-order chi connectivity index (χ1) is 10.9. The van der Waals surface area contributed by atoms with Gasteiger partial charge in [0.05, 0.1) is 11.7 Å². The Morgan fingerprint density at radius 2 is 2.13 bits per heavy atom. The van der Waals surface area contributed by atoms with Crippen molar-refractivity contribution in [2.24, 2.45) is 0 Å². The summed E-state index contributed by atoms with van der Waals surface area (Å²) in [6.45, 7) is 8.25. The van der Waals surface area contributed by atoms with E-state index in [1.807, 2.05) is 22.9 Å². The van der Waals surface area contributed by atoms with E-state index < -0.39 is 8.07 Å². The summed E-state index contributed by atoms with van der Waals surface area (Å²) >= 11 is 3.51. The third-order valence-electron chi connectivity index (χ3n) is 3.59. The van der Waals surface area contributed by atoms with E-state index in [1.165, 1.54) is 6.39 Å². The molecule has 122 valence electrons. The summed E-state index contributed by atoms with van der Waals surface area (Å²) in [5.41, 5.74) is 1.81. The molecule has 5 nitrogen and oxygen atoms in total. The molecule has 3 aromatic rings. The molecule has 0 unspecified atom stereocenters. The van der Waals surface area contributed by atoms with Gasteiger partial charge in [-0.3, -0.25) is 0 Å². The molecule has 3 rings (SSSR count). The van der Waals surface area contributed by atoms with Gasteiger partial charge in [0.25, 0.3) is 0 Å². The number of nitrogens with zero attached hydrogens (tertiary/aromatic N) is 3. The molecule has 0 fully saturated rings. The van der Waals surface area contributed by atoms with E-state index in [0.29, 0.717) is 12.5 Å². The second-order valence-corrected chi connectivity index (χ2v) is 13.3. The average Bonchev–Trinajstić information content (AvgIpc) is 3.09. The lowest BCUT2D eigenvalue weighted by molar-refractivity contribution is 0.0818. The topological polar surface area (TPSA) is 53.1 Å². The molecule has 7 heteroatoms. The number of fused-ring (bicyclic) bond motifs is 1. The standard InChI is InChI=1S/C16H20BrN3O2Si/c1-23(2,3)7-6-21-11-20-14-5-4-12(17)8-13(14)16(19-20)15-9-18-10-22-15/h4-5,8-10H,6-7,11H2,1-3H3. The second-order valence-electron chi connectivity index (χ2n) is 6.72. The quantitative estimate of drug-likeness (QED) is 0.447. The van der Waals surface area contributed by atoms with Crippen LogP contribution < -0.4 is 0 Å². The molecule has 23 heavy (non-hydrogen) atoms. The molecule has 0 amide bonds. The van der Waals surface area contributed by atoms with Gasteiger partial charge in [-0.05, 0) is 24.2 Å². The highest BCUT2D eigenvalue weighted by Gasteiger charge is 2.16. The minimum Gasteiger partial charge on any atom is -0.442 e. The third-order valence-corrected chi connectivity index (χ3v) is 5.79. The van der Waals surface area contributed by atoms with Crippen molar-refractivity contribution in [3.63, 3.8) is 0 Å². The molecular weight excluding hydrogens is 374 g/mol. The number of hydrogen-bond donors (Lipinski definition) is 0. The highest BCUT2D eigenvalue weighted by molar-refractivity contribution is 9.10. The number of aromatic nitrogens is 3. The Labute approximate surface area is 144 Å². The monoisotopic (exact) mass is 393 g/mol. The fourth-order valence-corrected chi connectivity index (χ4v) is 3.41. The Morgan fingerprint density at radius 3 is 2.83 bits per heavy atom. The first kappa shape index (κ1) is 16.4. The van der Waals surface area contributed by atoms with E-state index in [2.05, 4.69) is 45.7 Å². The molecular formula is C16H20BrN3O2Si. The maximum Gasteiger partial charge on any atom is 0.181 e. The lowest BCUT2D eigenvalue weighted by Crippen LogP contribution is -2.22. The predicted octanol–water partition coefficient (Wildman–Crippen LogP) is 4.77. The van der Waals surface area contributed by atoms with Gasteiger partial charge in [-0.1, -0.05) is 35.6 Å². The van der Waals surface area contributed by atoms with Gasteiger partial charge < -0.3 is 9.15 Å². The molecule has 2 heterocycles. The highest BCUT2D eigenvalue weighted by atomic mass is 79.9. The summed E-state index contributed by atoms with van der Waals surface area (Å²) in [6.07, 6.45) is 3.10. The Hall–Kier alpha value is -1.44. The average molecular weight is 394 g/mol. The lowest BCUT2D eigenvalue weighted by atomic mass is 10.2. The summed E-state index contributed by atoms with van der Waals surface area (Å²) in [4.78, 5) is 3.99. The maximum absolute atomic E-state index is 5.84. The lowest BCUT2D eigenvalue weighted by Gasteiger charge is -2.15. The van der Waals surface area contributed by atoms with Gasteiger partial charge in [0, 0.05) is 24.5 Å². The summed E-state index contributed by atoms with van der Waals surface area (Å²) in [5, 5.41) is 5.67.